The Morgan fingerprint density at radius 3 is 2.60 bits per heavy atom. The first-order valence-corrected chi connectivity index (χ1v) is 20.4. The van der Waals surface area contributed by atoms with Crippen LogP contribution in [0.5, 0.6) is 17.2 Å². The number of benzene rings is 2. The number of nitrogens with one attached hydrogen (secondary N) is 1. The molecule has 5 heterocycles. The molecule has 0 fully saturated rings. The Balaban J connectivity index is 1.50. The average Bonchev–Trinajstić information content (AvgIpc) is 3.28. The summed E-state index contributed by atoms with van der Waals surface area (Å²) in [5, 5.41) is 58.3. The van der Waals surface area contributed by atoms with E-state index in [-0.39, 0.29) is 57.5 Å². The Morgan fingerprint density at radius 2 is 1.90 bits per heavy atom. The zero-order chi connectivity index (χ0) is 42.5. The molecule has 314 valence electrons. The number of aliphatic hydroxyl groups is 3. The van der Waals surface area contributed by atoms with Crippen molar-refractivity contribution in [3.63, 3.8) is 0 Å². The summed E-state index contributed by atoms with van der Waals surface area (Å²) in [5.74, 6) is -2.57. The van der Waals surface area contributed by atoms with E-state index in [2.05, 4.69) is 15.3 Å². The van der Waals surface area contributed by atoms with E-state index in [9.17, 15) is 35.1 Å². The number of allylic oxidation sites excluding steroid dienone is 1. The van der Waals surface area contributed by atoms with Gasteiger partial charge in [0.2, 0.25) is 0 Å². The number of aromatic nitrogens is 2. The molecule has 8 N–H and O–H groups in total. The number of nitrogens with two attached hydrogens (primary N) is 1. The van der Waals surface area contributed by atoms with Crippen molar-refractivity contribution >= 4 is 28.6 Å². The van der Waals surface area contributed by atoms with Crippen LogP contribution in [0, 0.1) is 5.92 Å². The Bertz CT molecular complexity index is 2550. The third-order valence-electron chi connectivity index (χ3n) is 12.9. The maximum atomic E-state index is 14.1. The van der Waals surface area contributed by atoms with Gasteiger partial charge in [0.15, 0.2) is 5.43 Å². The van der Waals surface area contributed by atoms with Crippen LogP contribution in [-0.4, -0.2) is 72.9 Å². The number of rotatable bonds is 9. The summed E-state index contributed by atoms with van der Waals surface area (Å²) in [4.78, 5) is 37.2. The fourth-order valence-corrected chi connectivity index (χ4v) is 9.83. The number of nitrogen functional groups attached to an aromatic ring is 1. The van der Waals surface area contributed by atoms with Crippen LogP contribution in [0.15, 0.2) is 75.7 Å². The van der Waals surface area contributed by atoms with Gasteiger partial charge in [-0.3, -0.25) is 4.79 Å². The number of carbonyl (C=O) groups is 1. The van der Waals surface area contributed by atoms with E-state index in [1.807, 2.05) is 38.1 Å². The van der Waals surface area contributed by atoms with E-state index >= 15 is 0 Å². The number of pyridine rings is 2. The molecule has 0 saturated heterocycles. The molecule has 2 aliphatic heterocycles. The molecule has 14 nitrogen and oxygen atoms in total. The highest BCUT2D eigenvalue weighted by Crippen LogP contribution is 2.58. The number of aromatic hydroxyl groups is 2. The first-order valence-electron chi connectivity index (χ1n) is 20.4. The van der Waals surface area contributed by atoms with Gasteiger partial charge in [0.05, 0.1) is 18.8 Å². The topological polar surface area (TPSA) is 231 Å². The molecule has 5 aromatic rings. The maximum Gasteiger partial charge on any atom is 0.336 e. The van der Waals surface area contributed by atoms with Crippen LogP contribution < -0.4 is 21.2 Å². The highest BCUT2D eigenvalue weighted by atomic mass is 16.6. The Hall–Kier alpha value is -5.96. The summed E-state index contributed by atoms with van der Waals surface area (Å²) in [7, 11) is 0. The summed E-state index contributed by atoms with van der Waals surface area (Å²) in [6.07, 6.45) is 5.62. The van der Waals surface area contributed by atoms with E-state index in [1.165, 1.54) is 6.08 Å². The Morgan fingerprint density at radius 1 is 1.08 bits per heavy atom. The van der Waals surface area contributed by atoms with Crippen molar-refractivity contribution in [1.29, 1.82) is 0 Å². The fourth-order valence-electron chi connectivity index (χ4n) is 9.83. The SMILES string of the molecule is C/C=C(/CO)C(=O)O[C@@H]1Cc2c3c(c4oc(CO)cc(=O)c4c2O)[C@@H]2c4ccnc(N)c4[C@@H](CCc4ccc(O)cc4[C@H]2CO)C[C@@H](Cc2ccc(NCC)nc2)[C@]1(C)O3. The lowest BCUT2D eigenvalue weighted by Gasteiger charge is -2.49. The van der Waals surface area contributed by atoms with Crippen molar-refractivity contribution in [2.75, 3.05) is 30.8 Å². The third-order valence-corrected chi connectivity index (χ3v) is 12.9. The second-order valence-electron chi connectivity index (χ2n) is 16.2. The number of aryl methyl sites for hydroxylation is 1. The quantitative estimate of drug-likeness (QED) is 0.0745. The van der Waals surface area contributed by atoms with Crippen molar-refractivity contribution in [1.82, 2.24) is 9.97 Å². The number of hydrogen-bond acceptors (Lipinski definition) is 14. The van der Waals surface area contributed by atoms with Crippen molar-refractivity contribution < 1.29 is 44.2 Å². The van der Waals surface area contributed by atoms with Crippen LogP contribution in [0.25, 0.3) is 11.0 Å². The lowest BCUT2D eigenvalue weighted by molar-refractivity contribution is -0.165. The van der Waals surface area contributed by atoms with Gasteiger partial charge in [0.25, 0.3) is 0 Å². The van der Waals surface area contributed by atoms with Crippen LogP contribution >= 0.6 is 0 Å². The zero-order valence-corrected chi connectivity index (χ0v) is 33.8. The van der Waals surface area contributed by atoms with Crippen LogP contribution in [0.2, 0.25) is 0 Å². The van der Waals surface area contributed by atoms with Gasteiger partial charge in [-0.15, -0.1) is 0 Å². The van der Waals surface area contributed by atoms with E-state index < -0.39 is 66.4 Å². The molecule has 4 bridgehead atoms. The normalized spacial score (nSPS) is 23.4. The molecule has 2 aromatic carbocycles. The minimum absolute atomic E-state index is 0.00194. The maximum absolute atomic E-state index is 14.1. The molecular weight excluding hydrogens is 769 g/mol. The minimum Gasteiger partial charge on any atom is -0.508 e. The summed E-state index contributed by atoms with van der Waals surface area (Å²) >= 11 is 0. The van der Waals surface area contributed by atoms with Crippen molar-refractivity contribution in [3.8, 4) is 17.2 Å². The van der Waals surface area contributed by atoms with Gasteiger partial charge in [-0.1, -0.05) is 18.2 Å². The second-order valence-corrected chi connectivity index (χ2v) is 16.2. The van der Waals surface area contributed by atoms with Crippen LogP contribution in [0.3, 0.4) is 0 Å². The molecule has 3 aromatic heterocycles. The van der Waals surface area contributed by atoms with Crippen molar-refractivity contribution in [2.45, 2.75) is 88.9 Å². The van der Waals surface area contributed by atoms with Gasteiger partial charge >= 0.3 is 5.97 Å². The molecular formula is C46H50N4O10. The number of ether oxygens (including phenoxy) is 2. The van der Waals surface area contributed by atoms with Crippen LogP contribution in [0.4, 0.5) is 11.6 Å². The molecule has 8 rings (SSSR count). The number of anilines is 2. The number of fused-ring (bicyclic) bond motifs is 5. The molecule has 3 aliphatic rings. The summed E-state index contributed by atoms with van der Waals surface area (Å²) in [5.41, 5.74) is 9.26. The van der Waals surface area contributed by atoms with E-state index in [4.69, 9.17) is 19.6 Å². The average molecular weight is 819 g/mol. The number of hydrogen-bond donors (Lipinski definition) is 7. The Kier molecular flexibility index (Phi) is 11.0. The standard InChI is InChI=1S/C46H50N4O10/c1-4-24(20-51)45(57)59-35-18-32-41(56)39-34(55)17-29(21-52)58-43(39)40-38-30-12-13-49-44(47)37(30)26(8-7-25-9-10-28(54)16-31(25)33(38)22-53)15-27(46(35,3)60-42(32)40)14-23-6-11-36(48-5-2)50-19-23/h4,6,9-13,16-17,19,26-27,33,35,38,51-54,56H,5,7-8,14-15,18,20-22H2,1-3H3,(H2,47,49)(H,48,50)/b24-4-/t26-,27+,33+,35+,38+,46-/m0/s1. The molecule has 1 aliphatic carbocycles. The van der Waals surface area contributed by atoms with Crippen LogP contribution in [0.1, 0.15) is 96.1 Å². The van der Waals surface area contributed by atoms with Crippen molar-refractivity contribution in [2.24, 2.45) is 5.92 Å². The van der Waals surface area contributed by atoms with Gasteiger partial charge in [-0.05, 0) is 98.9 Å². The molecule has 0 unspecified atom stereocenters. The lowest BCUT2D eigenvalue weighted by Crippen LogP contribution is -2.57. The summed E-state index contributed by atoms with van der Waals surface area (Å²) < 4.78 is 20.1. The van der Waals surface area contributed by atoms with E-state index in [0.29, 0.717) is 54.7 Å². The highest BCUT2D eigenvalue weighted by molar-refractivity contribution is 5.92. The lowest BCUT2D eigenvalue weighted by atomic mass is 9.67. The molecule has 60 heavy (non-hydrogen) atoms. The van der Waals surface area contributed by atoms with E-state index in [0.717, 1.165) is 22.8 Å². The van der Waals surface area contributed by atoms with Crippen LogP contribution in [-0.2, 0) is 35.4 Å². The van der Waals surface area contributed by atoms with Gasteiger partial charge < -0.3 is 50.5 Å². The molecule has 6 atom stereocenters. The number of esters is 1. The molecule has 0 saturated carbocycles. The largest absolute Gasteiger partial charge is 0.508 e. The number of aliphatic hydroxyl groups excluding tert-OH is 3. The van der Waals surface area contributed by atoms with Gasteiger partial charge in [-0.2, -0.15) is 0 Å². The molecule has 14 heteroatoms. The van der Waals surface area contributed by atoms with Crippen molar-refractivity contribution in [3.05, 3.63) is 121 Å². The van der Waals surface area contributed by atoms with Gasteiger partial charge in [0, 0.05) is 65.9 Å². The second kappa shape index (κ2) is 16.2. The first-order chi connectivity index (χ1) is 28.9. The summed E-state index contributed by atoms with van der Waals surface area (Å²) in [6.45, 7) is 4.55. The Labute approximate surface area is 346 Å². The predicted molar refractivity (Wildman–Crippen MR) is 223 cm³/mol. The molecule has 0 amide bonds. The van der Waals surface area contributed by atoms with E-state index in [1.54, 1.807) is 31.5 Å². The summed E-state index contributed by atoms with van der Waals surface area (Å²) in [6, 6.07) is 12.0. The van der Waals surface area contributed by atoms with Gasteiger partial charge in [0.1, 0.15) is 63.9 Å². The number of nitrogens with zero attached hydrogens (tertiary/aromatic N) is 2. The minimum atomic E-state index is -1.37. The smallest absolute Gasteiger partial charge is 0.336 e. The highest BCUT2D eigenvalue weighted by Gasteiger charge is 2.54. The predicted octanol–water partition coefficient (Wildman–Crippen LogP) is 5.24. The first kappa shape index (κ1) is 40.8. The number of carbonyl (C=O) groups excluding carboxylic acids is 1. The fraction of sp³-hybridized carbons (Fsp3) is 0.391. The number of phenolic OH excluding ortho intramolecular Hbond substituents is 2. The monoisotopic (exact) mass is 818 g/mol. The number of phenols is 2. The zero-order valence-electron chi connectivity index (χ0n) is 33.8. The molecule has 0 radical (unpaired) electrons. The third kappa shape index (κ3) is 6.91. The molecule has 0 spiro atoms. The van der Waals surface area contributed by atoms with Gasteiger partial charge in [-0.25, -0.2) is 14.8 Å².